The number of aromatic amines is 1. The highest BCUT2D eigenvalue weighted by Gasteiger charge is 2.50. The number of aromatic nitrogens is 4. The summed E-state index contributed by atoms with van der Waals surface area (Å²) in [5.41, 5.74) is -0.915. The number of H-pyrrole nitrogens is 1. The predicted octanol–water partition coefficient (Wildman–Crippen LogP) is -0.867. The molecule has 3 rings (SSSR count). The molecule has 0 aliphatic carbocycles. The molecule has 4 N–H and O–H groups in total. The van der Waals surface area contributed by atoms with Crippen molar-refractivity contribution in [3.05, 3.63) is 29.7 Å². The van der Waals surface area contributed by atoms with Gasteiger partial charge in [-0.05, 0) is 19.3 Å². The fourth-order valence-corrected chi connectivity index (χ4v) is 3.42. The second-order valence-electron chi connectivity index (χ2n) is 9.12. The summed E-state index contributed by atoms with van der Waals surface area (Å²) >= 11 is 0. The lowest BCUT2D eigenvalue weighted by Gasteiger charge is -2.22. The lowest BCUT2D eigenvalue weighted by molar-refractivity contribution is -0.131. The maximum absolute atomic E-state index is 12.7. The van der Waals surface area contributed by atoms with Gasteiger partial charge in [0.2, 0.25) is 11.8 Å². The minimum atomic E-state index is -1.10. The van der Waals surface area contributed by atoms with E-state index in [0.29, 0.717) is 24.6 Å². The van der Waals surface area contributed by atoms with Crippen LogP contribution in [-0.4, -0.2) is 88.4 Å². The van der Waals surface area contributed by atoms with E-state index in [2.05, 4.69) is 36.3 Å². The number of rotatable bonds is 14. The van der Waals surface area contributed by atoms with Crippen molar-refractivity contribution in [2.75, 3.05) is 26.9 Å². The van der Waals surface area contributed by atoms with Crippen molar-refractivity contribution in [3.63, 3.8) is 0 Å². The van der Waals surface area contributed by atoms with Crippen LogP contribution in [0, 0.1) is 5.92 Å². The Morgan fingerprint density at radius 1 is 1.22 bits per heavy atom. The molecule has 14 heteroatoms. The third-order valence-electron chi connectivity index (χ3n) is 5.43. The van der Waals surface area contributed by atoms with Crippen LogP contribution in [0.4, 0.5) is 0 Å². The molecule has 2 aromatic rings. The molecule has 0 unspecified atom stereocenters. The van der Waals surface area contributed by atoms with Crippen molar-refractivity contribution in [2.45, 2.75) is 51.3 Å². The number of carbonyl (C=O) groups is 4. The van der Waals surface area contributed by atoms with Crippen molar-refractivity contribution in [1.82, 2.24) is 36.3 Å². The van der Waals surface area contributed by atoms with Gasteiger partial charge in [-0.3, -0.25) is 24.3 Å². The summed E-state index contributed by atoms with van der Waals surface area (Å²) in [6.45, 7) is 5.34. The minimum absolute atomic E-state index is 0.0398. The smallest absolute Gasteiger partial charge is 0.274 e. The number of ether oxygens (including phenoxy) is 2. The summed E-state index contributed by atoms with van der Waals surface area (Å²) in [6, 6.07) is -0.408. The van der Waals surface area contributed by atoms with Gasteiger partial charge < -0.3 is 29.9 Å². The topological polar surface area (TPSA) is 194 Å². The predicted molar refractivity (Wildman–Crippen MR) is 123 cm³/mol. The van der Waals surface area contributed by atoms with Gasteiger partial charge in [-0.15, -0.1) is 0 Å². The van der Waals surface area contributed by atoms with E-state index in [1.165, 1.54) is 19.5 Å². The molecule has 0 aromatic carbocycles. The van der Waals surface area contributed by atoms with Crippen molar-refractivity contribution >= 4 is 23.5 Å². The summed E-state index contributed by atoms with van der Waals surface area (Å²) < 4.78 is 15.4. The van der Waals surface area contributed by atoms with Crippen LogP contribution < -0.4 is 16.0 Å². The molecule has 1 aliphatic heterocycles. The average Bonchev–Trinajstić information content (AvgIpc) is 3.20. The van der Waals surface area contributed by atoms with Crippen LogP contribution in [0.2, 0.25) is 0 Å². The number of hydrogen-bond donors (Lipinski definition) is 4. The highest BCUT2D eigenvalue weighted by Crippen LogP contribution is 2.29. The van der Waals surface area contributed by atoms with Gasteiger partial charge in [-0.2, -0.15) is 5.10 Å². The fraction of sp³-hybridized carbons (Fsp3) is 0.591. The van der Waals surface area contributed by atoms with Crippen LogP contribution in [0.3, 0.4) is 0 Å². The maximum atomic E-state index is 12.7. The molecule has 36 heavy (non-hydrogen) atoms. The standard InChI is InChI=1S/C22H31N7O7/c1-12(2)5-14(19(31)22(3)10-35-22)26-18(30)8-23-20(32)16(9-34-4)27-21(33)15-6-13(36-29-15)7-17-24-11-25-28-17/h6,11-12,14,16H,5,7-10H2,1-4H3,(H,23,32)(H,26,30)(H,27,33)(H,24,25,28)/t14-,16-,22+/m0/s1. The molecule has 196 valence electrons. The minimum Gasteiger partial charge on any atom is -0.382 e. The SMILES string of the molecule is COC[C@H](NC(=O)c1cc(Cc2ncn[nH]2)on1)C(=O)NCC(=O)N[C@@H](CC(C)C)C(=O)[C@@]1(C)CO1. The molecule has 3 heterocycles. The number of Topliss-reactive ketones (excluding diaryl/α,β-unsaturated/α-hetero) is 1. The largest absolute Gasteiger partial charge is 0.382 e. The van der Waals surface area contributed by atoms with E-state index in [4.69, 9.17) is 14.0 Å². The van der Waals surface area contributed by atoms with E-state index < -0.39 is 35.4 Å². The molecule has 0 bridgehead atoms. The highest BCUT2D eigenvalue weighted by molar-refractivity contribution is 5.98. The number of hydrogen-bond acceptors (Lipinski definition) is 10. The number of carbonyl (C=O) groups excluding carboxylic acids is 4. The summed E-state index contributed by atoms with van der Waals surface area (Å²) in [6.07, 6.45) is 2.04. The normalized spacial score (nSPS) is 18.4. The Morgan fingerprint density at radius 3 is 2.58 bits per heavy atom. The number of nitrogens with one attached hydrogen (secondary N) is 4. The van der Waals surface area contributed by atoms with Crippen molar-refractivity contribution in [2.24, 2.45) is 5.92 Å². The van der Waals surface area contributed by atoms with E-state index in [0.717, 1.165) is 0 Å². The second-order valence-corrected chi connectivity index (χ2v) is 9.12. The molecule has 3 amide bonds. The maximum Gasteiger partial charge on any atom is 0.274 e. The van der Waals surface area contributed by atoms with Gasteiger partial charge in [-0.25, -0.2) is 4.98 Å². The molecular weight excluding hydrogens is 474 g/mol. The molecular formula is C22H31N7O7. The third-order valence-corrected chi connectivity index (χ3v) is 5.43. The zero-order chi connectivity index (χ0) is 26.3. The van der Waals surface area contributed by atoms with Gasteiger partial charge >= 0.3 is 0 Å². The molecule has 14 nitrogen and oxygen atoms in total. The molecule has 3 atom stereocenters. The molecule has 0 saturated carbocycles. The first-order chi connectivity index (χ1) is 17.1. The van der Waals surface area contributed by atoms with Crippen LogP contribution in [0.15, 0.2) is 16.9 Å². The summed E-state index contributed by atoms with van der Waals surface area (Å²) in [5.74, 6) is -0.982. The van der Waals surface area contributed by atoms with Crippen LogP contribution >= 0.6 is 0 Å². The molecule has 0 spiro atoms. The quantitative estimate of drug-likeness (QED) is 0.235. The van der Waals surface area contributed by atoms with Gasteiger partial charge in [0.05, 0.1) is 32.2 Å². The number of methoxy groups -OCH3 is 1. The first-order valence-electron chi connectivity index (χ1n) is 11.5. The third kappa shape index (κ3) is 7.42. The number of nitrogens with zero attached hydrogens (tertiary/aromatic N) is 3. The number of ketones is 1. The zero-order valence-corrected chi connectivity index (χ0v) is 20.6. The molecule has 1 aliphatic rings. The van der Waals surface area contributed by atoms with E-state index in [9.17, 15) is 19.2 Å². The monoisotopic (exact) mass is 505 g/mol. The van der Waals surface area contributed by atoms with Gasteiger partial charge in [0.25, 0.3) is 5.91 Å². The Balaban J connectivity index is 1.52. The van der Waals surface area contributed by atoms with Crippen LogP contribution in [0.25, 0.3) is 0 Å². The highest BCUT2D eigenvalue weighted by atomic mass is 16.6. The summed E-state index contributed by atoms with van der Waals surface area (Å²) in [5, 5.41) is 17.8. The first kappa shape index (κ1) is 26.9. The van der Waals surface area contributed by atoms with Crippen LogP contribution in [0.1, 0.15) is 49.3 Å². The Hall–Kier alpha value is -3.65. The Morgan fingerprint density at radius 2 is 1.97 bits per heavy atom. The Kier molecular flexibility index (Phi) is 8.88. The number of amides is 3. The Bertz CT molecular complexity index is 1060. The summed E-state index contributed by atoms with van der Waals surface area (Å²) in [7, 11) is 1.37. The van der Waals surface area contributed by atoms with Gasteiger partial charge in [-0.1, -0.05) is 19.0 Å². The summed E-state index contributed by atoms with van der Waals surface area (Å²) in [4.78, 5) is 54.3. The van der Waals surface area contributed by atoms with Gasteiger partial charge in [0.15, 0.2) is 11.5 Å². The van der Waals surface area contributed by atoms with Crippen molar-refractivity contribution in [3.8, 4) is 0 Å². The average molecular weight is 506 g/mol. The fourth-order valence-electron chi connectivity index (χ4n) is 3.42. The molecule has 0 radical (unpaired) electrons. The molecule has 2 aromatic heterocycles. The van der Waals surface area contributed by atoms with Crippen molar-refractivity contribution in [1.29, 1.82) is 0 Å². The lowest BCUT2D eigenvalue weighted by atomic mass is 9.93. The van der Waals surface area contributed by atoms with E-state index >= 15 is 0 Å². The van der Waals surface area contributed by atoms with Crippen molar-refractivity contribution < 1.29 is 33.2 Å². The van der Waals surface area contributed by atoms with Crippen LogP contribution in [-0.2, 0) is 30.3 Å². The lowest BCUT2D eigenvalue weighted by Crippen LogP contribution is -2.53. The molecule has 1 saturated heterocycles. The van der Waals surface area contributed by atoms with Crippen LogP contribution in [0.5, 0.6) is 0 Å². The second kappa shape index (κ2) is 11.9. The Labute approximate surface area is 207 Å². The van der Waals surface area contributed by atoms with E-state index in [1.807, 2.05) is 13.8 Å². The van der Waals surface area contributed by atoms with Gasteiger partial charge in [0.1, 0.15) is 29.6 Å². The van der Waals surface area contributed by atoms with Gasteiger partial charge in [0, 0.05) is 13.2 Å². The van der Waals surface area contributed by atoms with E-state index in [-0.39, 0.29) is 37.0 Å². The number of epoxide rings is 1. The molecule has 1 fully saturated rings. The van der Waals surface area contributed by atoms with E-state index in [1.54, 1.807) is 6.92 Å². The first-order valence-corrected chi connectivity index (χ1v) is 11.5. The zero-order valence-electron chi connectivity index (χ0n) is 20.6.